The van der Waals surface area contributed by atoms with Crippen LogP contribution in [0.3, 0.4) is 0 Å². The highest BCUT2D eigenvalue weighted by Crippen LogP contribution is 2.20. The van der Waals surface area contributed by atoms with Crippen LogP contribution in [0.1, 0.15) is 32.7 Å². The molecule has 0 amide bonds. The number of Topliss-reactive ketones (excluding diaryl/α,β-unsaturated/α-hetero) is 2. The zero-order valence-corrected chi connectivity index (χ0v) is 13.2. The molecule has 0 fully saturated rings. The fourth-order valence-electron chi connectivity index (χ4n) is 2.62. The molecule has 4 nitrogen and oxygen atoms in total. The number of benzene rings is 2. The summed E-state index contributed by atoms with van der Waals surface area (Å²) in [4.78, 5) is 31.0. The molecule has 0 unspecified atom stereocenters. The van der Waals surface area contributed by atoms with Crippen molar-refractivity contribution < 1.29 is 9.59 Å². The maximum Gasteiger partial charge on any atom is 0.207 e. The third kappa shape index (κ3) is 3.06. The fraction of sp³-hybridized carbons (Fsp3) is 0.211. The first-order valence-corrected chi connectivity index (χ1v) is 7.53. The molecule has 0 radical (unpaired) electrons. The van der Waals surface area contributed by atoms with Gasteiger partial charge in [-0.1, -0.05) is 36.4 Å². The van der Waals surface area contributed by atoms with Gasteiger partial charge >= 0.3 is 0 Å². The minimum absolute atomic E-state index is 0.0399. The van der Waals surface area contributed by atoms with E-state index in [1.165, 1.54) is 0 Å². The van der Waals surface area contributed by atoms with E-state index < -0.39 is 0 Å². The molecule has 1 aliphatic rings. The lowest BCUT2D eigenvalue weighted by Gasteiger charge is -2.15. The van der Waals surface area contributed by atoms with Crippen molar-refractivity contribution in [3.8, 4) is 0 Å². The third-order valence-electron chi connectivity index (χ3n) is 3.97. The predicted molar refractivity (Wildman–Crippen MR) is 91.6 cm³/mol. The van der Waals surface area contributed by atoms with Gasteiger partial charge in [-0.25, -0.2) is 0 Å². The van der Waals surface area contributed by atoms with Crippen molar-refractivity contribution in [3.05, 3.63) is 65.2 Å². The van der Waals surface area contributed by atoms with Gasteiger partial charge in [0.05, 0.1) is 18.7 Å². The van der Waals surface area contributed by atoms with Gasteiger partial charge < -0.3 is 4.90 Å². The summed E-state index contributed by atoms with van der Waals surface area (Å²) in [7, 11) is 3.97. The van der Waals surface area contributed by atoms with Crippen molar-refractivity contribution in [1.82, 2.24) is 0 Å². The Kier molecular flexibility index (Phi) is 4.06. The van der Waals surface area contributed by atoms with Crippen LogP contribution in [0.5, 0.6) is 0 Å². The van der Waals surface area contributed by atoms with Crippen molar-refractivity contribution in [1.29, 1.82) is 0 Å². The van der Waals surface area contributed by atoms with Gasteiger partial charge in [0.25, 0.3) is 0 Å². The van der Waals surface area contributed by atoms with Gasteiger partial charge in [-0.05, 0) is 17.7 Å². The second-order valence-corrected chi connectivity index (χ2v) is 5.80. The van der Waals surface area contributed by atoms with Crippen LogP contribution in [-0.2, 0) is 6.54 Å². The number of ketones is 2. The zero-order chi connectivity index (χ0) is 16.4. The molecule has 0 aliphatic heterocycles. The van der Waals surface area contributed by atoms with Gasteiger partial charge in [-0.3, -0.25) is 14.6 Å². The van der Waals surface area contributed by atoms with E-state index in [1.807, 2.05) is 43.3 Å². The van der Waals surface area contributed by atoms with Crippen LogP contribution in [0.2, 0.25) is 0 Å². The molecule has 0 heterocycles. The Morgan fingerprint density at radius 3 is 2.26 bits per heavy atom. The molecule has 4 heteroatoms. The smallest absolute Gasteiger partial charge is 0.207 e. The summed E-state index contributed by atoms with van der Waals surface area (Å²) < 4.78 is 0. The number of hydrogen-bond donors (Lipinski definition) is 0. The summed E-state index contributed by atoms with van der Waals surface area (Å²) >= 11 is 0. The summed E-state index contributed by atoms with van der Waals surface area (Å²) in [6, 6.07) is 14.9. The van der Waals surface area contributed by atoms with Crippen LogP contribution < -0.4 is 4.90 Å². The number of carbonyl (C=O) groups excluding carboxylic acids is 2. The third-order valence-corrected chi connectivity index (χ3v) is 3.97. The van der Waals surface area contributed by atoms with Gasteiger partial charge in [0, 0.05) is 30.9 Å². The summed E-state index contributed by atoms with van der Waals surface area (Å²) in [6.07, 6.45) is 0.0889. The quantitative estimate of drug-likeness (QED) is 0.875. The lowest BCUT2D eigenvalue weighted by Crippen LogP contribution is -2.27. The molecule has 0 saturated carbocycles. The molecule has 0 atom stereocenters. The Morgan fingerprint density at radius 1 is 0.957 bits per heavy atom. The molecule has 2 aromatic rings. The van der Waals surface area contributed by atoms with Crippen molar-refractivity contribution in [3.63, 3.8) is 0 Å². The molecule has 3 rings (SSSR count). The number of carbonyl (C=O) groups is 2. The lowest BCUT2D eigenvalue weighted by molar-refractivity contribution is 0.0964. The zero-order valence-electron chi connectivity index (χ0n) is 13.2. The first-order chi connectivity index (χ1) is 11.1. The van der Waals surface area contributed by atoms with E-state index >= 15 is 0 Å². The maximum atomic E-state index is 12.4. The number of aliphatic imine (C=N–C) groups is 1. The maximum absolute atomic E-state index is 12.4. The van der Waals surface area contributed by atoms with E-state index in [0.29, 0.717) is 23.4 Å². The van der Waals surface area contributed by atoms with E-state index in [2.05, 4.69) is 4.99 Å². The number of hydrogen-bond acceptors (Lipinski definition) is 4. The van der Waals surface area contributed by atoms with Crippen molar-refractivity contribution >= 4 is 23.0 Å². The fourth-order valence-corrected chi connectivity index (χ4v) is 2.62. The van der Waals surface area contributed by atoms with Crippen molar-refractivity contribution in [2.75, 3.05) is 19.0 Å². The average molecular weight is 306 g/mol. The topological polar surface area (TPSA) is 49.7 Å². The molecule has 2 aromatic carbocycles. The summed E-state index contributed by atoms with van der Waals surface area (Å²) in [5, 5.41) is 0. The molecular weight excluding hydrogens is 288 g/mol. The molecule has 23 heavy (non-hydrogen) atoms. The highest BCUT2D eigenvalue weighted by molar-refractivity contribution is 6.52. The van der Waals surface area contributed by atoms with Gasteiger partial charge in [0.2, 0.25) is 5.78 Å². The minimum Gasteiger partial charge on any atom is -0.378 e. The molecule has 0 bridgehead atoms. The predicted octanol–water partition coefficient (Wildman–Crippen LogP) is 3.16. The van der Waals surface area contributed by atoms with Gasteiger partial charge in [-0.2, -0.15) is 0 Å². The SMILES string of the molecule is CN(C)c1ccc(CN=C2CC(=O)c3ccccc3C2=O)cc1. The summed E-state index contributed by atoms with van der Waals surface area (Å²) in [5.74, 6) is -0.174. The van der Waals surface area contributed by atoms with Crippen LogP contribution >= 0.6 is 0 Å². The van der Waals surface area contributed by atoms with Crippen LogP contribution in [0.4, 0.5) is 5.69 Å². The first kappa shape index (κ1) is 15.2. The van der Waals surface area contributed by atoms with Crippen LogP contribution in [0, 0.1) is 0 Å². The Bertz CT molecular complexity index is 789. The summed E-state index contributed by atoms with van der Waals surface area (Å²) in [6.45, 7) is 0.407. The van der Waals surface area contributed by atoms with Crippen molar-refractivity contribution in [2.24, 2.45) is 4.99 Å². The average Bonchev–Trinajstić information content (AvgIpc) is 2.57. The van der Waals surface area contributed by atoms with Gasteiger partial charge in [-0.15, -0.1) is 0 Å². The number of rotatable bonds is 3. The second-order valence-electron chi connectivity index (χ2n) is 5.80. The molecule has 1 aliphatic carbocycles. The van der Waals surface area contributed by atoms with Gasteiger partial charge in [0.15, 0.2) is 5.78 Å². The normalized spacial score (nSPS) is 15.7. The van der Waals surface area contributed by atoms with Gasteiger partial charge in [0.1, 0.15) is 0 Å². The van der Waals surface area contributed by atoms with Crippen molar-refractivity contribution in [2.45, 2.75) is 13.0 Å². The molecule has 116 valence electrons. The van der Waals surface area contributed by atoms with Crippen LogP contribution in [0.25, 0.3) is 0 Å². The lowest BCUT2D eigenvalue weighted by atomic mass is 9.88. The standard InChI is InChI=1S/C19H18N2O2/c1-21(2)14-9-7-13(8-10-14)12-20-17-11-18(22)15-5-3-4-6-16(15)19(17)23/h3-10H,11-12H2,1-2H3. The monoisotopic (exact) mass is 306 g/mol. The number of nitrogens with zero attached hydrogens (tertiary/aromatic N) is 2. The molecule has 0 saturated heterocycles. The van der Waals surface area contributed by atoms with Crippen LogP contribution in [-0.4, -0.2) is 31.4 Å². The van der Waals surface area contributed by atoms with E-state index in [1.54, 1.807) is 24.3 Å². The van der Waals surface area contributed by atoms with E-state index in [9.17, 15) is 9.59 Å². The summed E-state index contributed by atoms with van der Waals surface area (Å²) in [5.41, 5.74) is 3.45. The largest absolute Gasteiger partial charge is 0.378 e. The minimum atomic E-state index is -0.134. The van der Waals surface area contributed by atoms with Crippen LogP contribution in [0.15, 0.2) is 53.5 Å². The molecule has 0 aromatic heterocycles. The highest BCUT2D eigenvalue weighted by Gasteiger charge is 2.28. The second kappa shape index (κ2) is 6.16. The number of anilines is 1. The Labute approximate surface area is 135 Å². The Morgan fingerprint density at radius 2 is 1.61 bits per heavy atom. The van der Waals surface area contributed by atoms with E-state index in [4.69, 9.17) is 0 Å². The van der Waals surface area contributed by atoms with E-state index in [0.717, 1.165) is 11.3 Å². The molecule has 0 spiro atoms. The molecule has 0 N–H and O–H groups in total. The van der Waals surface area contributed by atoms with E-state index in [-0.39, 0.29) is 18.0 Å². The highest BCUT2D eigenvalue weighted by atomic mass is 16.1. The first-order valence-electron chi connectivity index (χ1n) is 7.53. The molecular formula is C19H18N2O2. The Hall–Kier alpha value is -2.75. The Balaban J connectivity index is 1.81. The number of fused-ring (bicyclic) bond motifs is 1.